The molecule has 1 heterocycles. The predicted molar refractivity (Wildman–Crippen MR) is 66.9 cm³/mol. The average Bonchev–Trinajstić information content (AvgIpc) is 2.66. The Labute approximate surface area is 107 Å². The lowest BCUT2D eigenvalue weighted by atomic mass is 10.0. The zero-order chi connectivity index (χ0) is 11.6. The van der Waals surface area contributed by atoms with E-state index in [4.69, 9.17) is 0 Å². The molecule has 0 radical (unpaired) electrons. The lowest BCUT2D eigenvalue weighted by Crippen LogP contribution is -2.35. The maximum Gasteiger partial charge on any atom is 0.253 e. The van der Waals surface area contributed by atoms with Crippen molar-refractivity contribution in [3.63, 3.8) is 0 Å². The van der Waals surface area contributed by atoms with Gasteiger partial charge in [0.1, 0.15) is 0 Å². The number of hydrogen-bond donors (Lipinski definition) is 1. The van der Waals surface area contributed by atoms with Crippen LogP contribution in [-0.2, 0) is 10.0 Å². The van der Waals surface area contributed by atoms with Crippen LogP contribution in [0.15, 0.2) is 27.0 Å². The van der Waals surface area contributed by atoms with Gasteiger partial charge in [-0.05, 0) is 46.7 Å². The Balaban J connectivity index is 2.14. The number of allylic oxidation sites excluding steroid dienone is 1. The number of sulfonamides is 1. The fourth-order valence-corrected chi connectivity index (χ4v) is 4.79. The van der Waals surface area contributed by atoms with Gasteiger partial charge in [-0.3, -0.25) is 0 Å². The standard InChI is InChI=1S/C9H11BrN2O2S2/c10-8-6-11-15-9(8)16(13,14)12-7-4-2-1-3-5-7/h1-2,6-7,12H,3-5H2. The molecule has 0 saturated heterocycles. The molecule has 1 aromatic heterocycles. The first-order chi connectivity index (χ1) is 7.59. The molecule has 0 bridgehead atoms. The van der Waals surface area contributed by atoms with Crippen molar-refractivity contribution in [1.82, 2.24) is 9.10 Å². The van der Waals surface area contributed by atoms with Crippen molar-refractivity contribution in [3.8, 4) is 0 Å². The molecule has 1 N–H and O–H groups in total. The number of hydrogen-bond acceptors (Lipinski definition) is 4. The second-order valence-corrected chi connectivity index (χ2v) is 7.13. The Kier molecular flexibility index (Phi) is 3.78. The predicted octanol–water partition coefficient (Wildman–Crippen LogP) is 2.29. The van der Waals surface area contributed by atoms with Crippen LogP contribution in [-0.4, -0.2) is 18.8 Å². The molecule has 7 heteroatoms. The molecule has 1 aromatic rings. The van der Waals surface area contributed by atoms with E-state index in [-0.39, 0.29) is 10.3 Å². The molecule has 4 nitrogen and oxygen atoms in total. The Morgan fingerprint density at radius 1 is 1.50 bits per heavy atom. The zero-order valence-corrected chi connectivity index (χ0v) is 11.6. The summed E-state index contributed by atoms with van der Waals surface area (Å²) in [6.45, 7) is 0. The van der Waals surface area contributed by atoms with Gasteiger partial charge in [-0.15, -0.1) is 0 Å². The number of nitrogens with one attached hydrogen (secondary N) is 1. The molecule has 1 aliphatic carbocycles. The Bertz CT molecular complexity index is 495. The molecule has 88 valence electrons. The number of aromatic nitrogens is 1. The maximum absolute atomic E-state index is 12.0. The fourth-order valence-electron chi connectivity index (χ4n) is 1.57. The highest BCUT2D eigenvalue weighted by Crippen LogP contribution is 2.26. The molecular formula is C9H11BrN2O2S2. The van der Waals surface area contributed by atoms with E-state index in [1.807, 2.05) is 6.08 Å². The van der Waals surface area contributed by atoms with Crippen LogP contribution in [0.5, 0.6) is 0 Å². The van der Waals surface area contributed by atoms with Gasteiger partial charge in [0.25, 0.3) is 10.0 Å². The van der Waals surface area contributed by atoms with Gasteiger partial charge in [-0.25, -0.2) is 13.1 Å². The monoisotopic (exact) mass is 322 g/mol. The van der Waals surface area contributed by atoms with Gasteiger partial charge in [0.15, 0.2) is 4.21 Å². The molecule has 0 amide bonds. The number of nitrogens with zero attached hydrogens (tertiary/aromatic N) is 1. The Hall–Kier alpha value is -0.240. The van der Waals surface area contributed by atoms with Crippen LogP contribution in [0.25, 0.3) is 0 Å². The van der Waals surface area contributed by atoms with E-state index in [9.17, 15) is 8.42 Å². The van der Waals surface area contributed by atoms with Crippen molar-refractivity contribution in [2.75, 3.05) is 0 Å². The summed E-state index contributed by atoms with van der Waals surface area (Å²) in [6.07, 6.45) is 8.13. The highest BCUT2D eigenvalue weighted by atomic mass is 79.9. The molecule has 2 rings (SSSR count). The molecule has 1 atom stereocenters. The highest BCUT2D eigenvalue weighted by molar-refractivity contribution is 9.10. The summed E-state index contributed by atoms with van der Waals surface area (Å²) < 4.78 is 31.3. The van der Waals surface area contributed by atoms with Gasteiger partial charge in [0.2, 0.25) is 0 Å². The summed E-state index contributed by atoms with van der Waals surface area (Å²) in [4.78, 5) is 0. The second kappa shape index (κ2) is 4.95. The summed E-state index contributed by atoms with van der Waals surface area (Å²) in [5.41, 5.74) is 0. The van der Waals surface area contributed by atoms with E-state index < -0.39 is 10.0 Å². The minimum absolute atomic E-state index is 0.00370. The normalized spacial score (nSPS) is 21.2. The molecule has 16 heavy (non-hydrogen) atoms. The zero-order valence-electron chi connectivity index (χ0n) is 8.39. The Morgan fingerprint density at radius 2 is 2.31 bits per heavy atom. The first-order valence-corrected chi connectivity index (χ1v) is 7.92. The van der Waals surface area contributed by atoms with Crippen LogP contribution < -0.4 is 4.72 Å². The first-order valence-electron chi connectivity index (χ1n) is 4.87. The summed E-state index contributed by atoms with van der Waals surface area (Å²) in [5.74, 6) is 0. The van der Waals surface area contributed by atoms with Crippen LogP contribution in [0.4, 0.5) is 0 Å². The molecule has 1 aliphatic rings. The molecular weight excluding hydrogens is 312 g/mol. The largest absolute Gasteiger partial charge is 0.253 e. The highest BCUT2D eigenvalue weighted by Gasteiger charge is 2.24. The fraction of sp³-hybridized carbons (Fsp3) is 0.444. The van der Waals surface area contributed by atoms with Gasteiger partial charge in [-0.1, -0.05) is 12.2 Å². The summed E-state index contributed by atoms with van der Waals surface area (Å²) in [5, 5.41) is 0. The van der Waals surface area contributed by atoms with Crippen LogP contribution in [0.2, 0.25) is 0 Å². The van der Waals surface area contributed by atoms with Gasteiger partial charge >= 0.3 is 0 Å². The van der Waals surface area contributed by atoms with Crippen molar-refractivity contribution < 1.29 is 8.42 Å². The van der Waals surface area contributed by atoms with Crippen LogP contribution in [0, 0.1) is 0 Å². The van der Waals surface area contributed by atoms with E-state index in [0.29, 0.717) is 4.47 Å². The van der Waals surface area contributed by atoms with Crippen molar-refractivity contribution in [2.45, 2.75) is 29.5 Å². The third-order valence-corrected chi connectivity index (χ3v) is 6.29. The molecule has 0 spiro atoms. The summed E-state index contributed by atoms with van der Waals surface area (Å²) in [6, 6.07) is 0.00370. The van der Waals surface area contributed by atoms with Crippen molar-refractivity contribution >= 4 is 37.5 Å². The second-order valence-electron chi connectivity index (χ2n) is 3.56. The van der Waals surface area contributed by atoms with Crippen LogP contribution in [0.3, 0.4) is 0 Å². The quantitative estimate of drug-likeness (QED) is 0.868. The maximum atomic E-state index is 12.0. The molecule has 0 aliphatic heterocycles. The first kappa shape index (κ1) is 12.2. The summed E-state index contributed by atoms with van der Waals surface area (Å²) in [7, 11) is -3.42. The minimum atomic E-state index is -3.42. The SMILES string of the molecule is O=S(=O)(NC1CC=CCC1)c1sncc1Br. The van der Waals surface area contributed by atoms with E-state index in [0.717, 1.165) is 30.8 Å². The van der Waals surface area contributed by atoms with E-state index >= 15 is 0 Å². The lowest BCUT2D eigenvalue weighted by Gasteiger charge is -2.18. The van der Waals surface area contributed by atoms with Gasteiger partial charge in [0, 0.05) is 6.04 Å². The van der Waals surface area contributed by atoms with E-state index in [1.165, 1.54) is 6.20 Å². The van der Waals surface area contributed by atoms with Gasteiger partial charge < -0.3 is 0 Å². The molecule has 1 unspecified atom stereocenters. The number of rotatable bonds is 3. The molecule has 0 saturated carbocycles. The van der Waals surface area contributed by atoms with E-state index in [2.05, 4.69) is 31.1 Å². The third-order valence-electron chi connectivity index (χ3n) is 2.33. The van der Waals surface area contributed by atoms with Crippen LogP contribution >= 0.6 is 27.5 Å². The van der Waals surface area contributed by atoms with Crippen molar-refractivity contribution in [1.29, 1.82) is 0 Å². The van der Waals surface area contributed by atoms with Gasteiger partial charge in [0.05, 0.1) is 10.7 Å². The van der Waals surface area contributed by atoms with E-state index in [1.54, 1.807) is 0 Å². The molecule has 0 aromatic carbocycles. The third kappa shape index (κ3) is 2.71. The average molecular weight is 323 g/mol. The topological polar surface area (TPSA) is 59.1 Å². The van der Waals surface area contributed by atoms with Crippen LogP contribution in [0.1, 0.15) is 19.3 Å². The van der Waals surface area contributed by atoms with Crippen molar-refractivity contribution in [2.24, 2.45) is 0 Å². The molecule has 0 fully saturated rings. The number of halogens is 1. The van der Waals surface area contributed by atoms with Crippen molar-refractivity contribution in [3.05, 3.63) is 22.8 Å². The summed E-state index contributed by atoms with van der Waals surface area (Å²) >= 11 is 4.16. The lowest BCUT2D eigenvalue weighted by molar-refractivity contribution is 0.523. The Morgan fingerprint density at radius 3 is 2.88 bits per heavy atom. The smallest absolute Gasteiger partial charge is 0.207 e. The van der Waals surface area contributed by atoms with Gasteiger partial charge in [-0.2, -0.15) is 4.37 Å². The minimum Gasteiger partial charge on any atom is -0.207 e.